The monoisotopic (exact) mass is 407 g/mol. The van der Waals surface area contributed by atoms with Gasteiger partial charge in [-0.05, 0) is 42.7 Å². The van der Waals surface area contributed by atoms with Gasteiger partial charge in [0.05, 0.1) is 0 Å². The second-order valence-corrected chi connectivity index (χ2v) is 7.26. The predicted octanol–water partition coefficient (Wildman–Crippen LogP) is 4.36. The SMILES string of the molecule is FC(F)c1nnc2ccc(NCC3(c4cccc(Br)c4)CCC3)nn12. The van der Waals surface area contributed by atoms with Crippen molar-refractivity contribution in [1.82, 2.24) is 19.8 Å². The molecule has 5 nitrogen and oxygen atoms in total. The summed E-state index contributed by atoms with van der Waals surface area (Å²) < 4.78 is 28.1. The molecule has 8 heteroatoms. The molecule has 1 aromatic carbocycles. The van der Waals surface area contributed by atoms with Gasteiger partial charge in [-0.25, -0.2) is 8.78 Å². The molecule has 1 N–H and O–H groups in total. The molecule has 0 spiro atoms. The first-order valence-corrected chi connectivity index (χ1v) is 8.87. The first kappa shape index (κ1) is 16.4. The molecule has 1 fully saturated rings. The summed E-state index contributed by atoms with van der Waals surface area (Å²) >= 11 is 3.53. The van der Waals surface area contributed by atoms with Crippen LogP contribution in [0.3, 0.4) is 0 Å². The summed E-state index contributed by atoms with van der Waals surface area (Å²) in [5.41, 5.74) is 1.64. The van der Waals surface area contributed by atoms with E-state index in [0.717, 1.165) is 21.8 Å². The largest absolute Gasteiger partial charge is 0.368 e. The molecular formula is C17H16BrF2N5. The highest BCUT2D eigenvalue weighted by molar-refractivity contribution is 9.10. The Labute approximate surface area is 151 Å². The Hall–Kier alpha value is -2.09. The van der Waals surface area contributed by atoms with Gasteiger partial charge < -0.3 is 5.32 Å². The zero-order valence-electron chi connectivity index (χ0n) is 13.3. The van der Waals surface area contributed by atoms with Gasteiger partial charge in [0.25, 0.3) is 6.43 Å². The number of hydrogen-bond acceptors (Lipinski definition) is 4. The third-order valence-corrected chi connectivity index (χ3v) is 5.33. The van der Waals surface area contributed by atoms with Crippen LogP contribution in [0.1, 0.15) is 37.1 Å². The van der Waals surface area contributed by atoms with Crippen molar-refractivity contribution in [3.8, 4) is 0 Å². The fraction of sp³-hybridized carbons (Fsp3) is 0.353. The molecule has 130 valence electrons. The molecule has 0 unspecified atom stereocenters. The number of halogens is 3. The molecule has 0 saturated heterocycles. The van der Waals surface area contributed by atoms with E-state index < -0.39 is 12.2 Å². The molecule has 0 atom stereocenters. The first-order valence-electron chi connectivity index (χ1n) is 8.08. The molecular weight excluding hydrogens is 392 g/mol. The summed E-state index contributed by atoms with van der Waals surface area (Å²) in [4.78, 5) is 0. The number of aromatic nitrogens is 4. The summed E-state index contributed by atoms with van der Waals surface area (Å²) in [5.74, 6) is 0.0967. The minimum absolute atomic E-state index is 0.0547. The lowest BCUT2D eigenvalue weighted by molar-refractivity contribution is 0.137. The van der Waals surface area contributed by atoms with Gasteiger partial charge in [-0.2, -0.15) is 4.52 Å². The molecule has 1 aliphatic carbocycles. The van der Waals surface area contributed by atoms with Crippen LogP contribution in [0.2, 0.25) is 0 Å². The van der Waals surface area contributed by atoms with Crippen molar-refractivity contribution in [2.24, 2.45) is 0 Å². The van der Waals surface area contributed by atoms with Gasteiger partial charge in [0.15, 0.2) is 5.65 Å². The lowest BCUT2D eigenvalue weighted by atomic mass is 9.64. The van der Waals surface area contributed by atoms with Gasteiger partial charge in [0.2, 0.25) is 5.82 Å². The zero-order valence-corrected chi connectivity index (χ0v) is 14.9. The fourth-order valence-corrected chi connectivity index (χ4v) is 3.68. The Morgan fingerprint density at radius 2 is 2.04 bits per heavy atom. The van der Waals surface area contributed by atoms with E-state index >= 15 is 0 Å². The Kier molecular flexibility index (Phi) is 4.15. The van der Waals surface area contributed by atoms with Crippen molar-refractivity contribution in [2.75, 3.05) is 11.9 Å². The summed E-state index contributed by atoms with van der Waals surface area (Å²) in [6.45, 7) is 0.702. The number of hydrogen-bond donors (Lipinski definition) is 1. The van der Waals surface area contributed by atoms with Crippen molar-refractivity contribution in [2.45, 2.75) is 31.1 Å². The van der Waals surface area contributed by atoms with Crippen LogP contribution in [0.5, 0.6) is 0 Å². The maximum Gasteiger partial charge on any atom is 0.299 e. The molecule has 25 heavy (non-hydrogen) atoms. The highest BCUT2D eigenvalue weighted by atomic mass is 79.9. The van der Waals surface area contributed by atoms with Crippen molar-refractivity contribution in [3.05, 3.63) is 52.3 Å². The van der Waals surface area contributed by atoms with Gasteiger partial charge in [-0.3, -0.25) is 0 Å². The van der Waals surface area contributed by atoms with Crippen LogP contribution in [0.25, 0.3) is 5.65 Å². The first-order chi connectivity index (χ1) is 12.1. The highest BCUT2D eigenvalue weighted by Gasteiger charge is 2.38. The Bertz CT molecular complexity index is 907. The zero-order chi connectivity index (χ0) is 17.4. The lowest BCUT2D eigenvalue weighted by Gasteiger charge is -2.42. The lowest BCUT2D eigenvalue weighted by Crippen LogP contribution is -2.41. The van der Waals surface area contributed by atoms with Gasteiger partial charge >= 0.3 is 0 Å². The topological polar surface area (TPSA) is 55.1 Å². The summed E-state index contributed by atoms with van der Waals surface area (Å²) in [6.07, 6.45) is 0.653. The van der Waals surface area contributed by atoms with Gasteiger partial charge in [0, 0.05) is 16.4 Å². The summed E-state index contributed by atoms with van der Waals surface area (Å²) in [7, 11) is 0. The van der Waals surface area contributed by atoms with Crippen LogP contribution in [0.15, 0.2) is 40.9 Å². The second kappa shape index (κ2) is 6.33. The number of alkyl halides is 2. The Morgan fingerprint density at radius 1 is 1.20 bits per heavy atom. The number of rotatable bonds is 5. The summed E-state index contributed by atoms with van der Waals surface area (Å²) in [6, 6.07) is 11.7. The molecule has 0 bridgehead atoms. The van der Waals surface area contributed by atoms with Crippen LogP contribution in [-0.4, -0.2) is 26.4 Å². The molecule has 2 heterocycles. The van der Waals surface area contributed by atoms with Crippen LogP contribution in [0.4, 0.5) is 14.6 Å². The Balaban J connectivity index is 1.58. The summed E-state index contributed by atoms with van der Waals surface area (Å²) in [5, 5.41) is 14.7. The van der Waals surface area contributed by atoms with E-state index in [0.29, 0.717) is 18.0 Å². The molecule has 0 aliphatic heterocycles. The minimum Gasteiger partial charge on any atom is -0.368 e. The molecule has 3 aromatic rings. The van der Waals surface area contributed by atoms with Crippen LogP contribution in [-0.2, 0) is 5.41 Å². The average Bonchev–Trinajstić information content (AvgIpc) is 2.97. The molecule has 0 amide bonds. The standard InChI is InChI=1S/C17H16BrF2N5/c18-12-4-1-3-11(9-12)17(7-2-8-17)10-21-13-5-6-14-22-23-16(15(19)20)25(14)24-13/h1,3-6,9,15H,2,7-8,10H2,(H,21,24). The van der Waals surface area contributed by atoms with E-state index in [2.05, 4.69) is 48.7 Å². The number of nitrogens with one attached hydrogen (secondary N) is 1. The quantitative estimate of drug-likeness (QED) is 0.682. The van der Waals surface area contributed by atoms with Crippen molar-refractivity contribution in [1.29, 1.82) is 0 Å². The molecule has 2 aromatic heterocycles. The van der Waals surface area contributed by atoms with Crippen molar-refractivity contribution in [3.63, 3.8) is 0 Å². The fourth-order valence-electron chi connectivity index (χ4n) is 3.29. The smallest absolute Gasteiger partial charge is 0.299 e. The molecule has 1 saturated carbocycles. The Morgan fingerprint density at radius 3 is 2.72 bits per heavy atom. The minimum atomic E-state index is -2.71. The van der Waals surface area contributed by atoms with E-state index in [4.69, 9.17) is 0 Å². The number of benzene rings is 1. The van der Waals surface area contributed by atoms with Gasteiger partial charge in [-0.15, -0.1) is 15.3 Å². The van der Waals surface area contributed by atoms with Crippen LogP contribution < -0.4 is 5.32 Å². The highest BCUT2D eigenvalue weighted by Crippen LogP contribution is 2.44. The van der Waals surface area contributed by atoms with Crippen LogP contribution in [0, 0.1) is 0 Å². The van der Waals surface area contributed by atoms with Gasteiger partial charge in [-0.1, -0.05) is 34.5 Å². The van der Waals surface area contributed by atoms with E-state index in [1.807, 2.05) is 12.1 Å². The van der Waals surface area contributed by atoms with E-state index in [9.17, 15) is 8.78 Å². The van der Waals surface area contributed by atoms with E-state index in [-0.39, 0.29) is 5.41 Å². The maximum absolute atomic E-state index is 13.0. The number of fused-ring (bicyclic) bond motifs is 1. The number of nitrogens with zero attached hydrogens (tertiary/aromatic N) is 4. The molecule has 1 aliphatic rings. The molecule has 0 radical (unpaired) electrons. The van der Waals surface area contributed by atoms with Crippen molar-refractivity contribution < 1.29 is 8.78 Å². The normalized spacial score (nSPS) is 16.2. The average molecular weight is 408 g/mol. The van der Waals surface area contributed by atoms with E-state index in [1.165, 1.54) is 12.0 Å². The van der Waals surface area contributed by atoms with Crippen molar-refractivity contribution >= 4 is 27.4 Å². The third kappa shape index (κ3) is 2.99. The predicted molar refractivity (Wildman–Crippen MR) is 93.9 cm³/mol. The molecule has 4 rings (SSSR count). The maximum atomic E-state index is 13.0. The second-order valence-electron chi connectivity index (χ2n) is 6.35. The van der Waals surface area contributed by atoms with Crippen LogP contribution >= 0.6 is 15.9 Å². The van der Waals surface area contributed by atoms with E-state index in [1.54, 1.807) is 12.1 Å². The number of anilines is 1. The third-order valence-electron chi connectivity index (χ3n) is 4.84. The van der Waals surface area contributed by atoms with Gasteiger partial charge in [0.1, 0.15) is 5.82 Å².